The molecule has 1 saturated carbocycles. The normalized spacial score (nSPS) is 21.1. The molecule has 20 heavy (non-hydrogen) atoms. The molecule has 3 heteroatoms. The molecule has 0 atom stereocenters. The van der Waals surface area contributed by atoms with E-state index in [9.17, 15) is 4.79 Å². The highest BCUT2D eigenvalue weighted by Crippen LogP contribution is 2.39. The summed E-state index contributed by atoms with van der Waals surface area (Å²) in [6.45, 7) is 0. The van der Waals surface area contributed by atoms with Crippen molar-refractivity contribution in [3.8, 4) is 0 Å². The first-order valence-electron chi connectivity index (χ1n) is 6.74. The average molecular weight is 331 g/mol. The molecule has 3 rings (SSSR count). The van der Waals surface area contributed by atoms with Gasteiger partial charge in [-0.15, -0.1) is 0 Å². The van der Waals surface area contributed by atoms with Gasteiger partial charge in [0, 0.05) is 4.47 Å². The number of hydrogen-bond acceptors (Lipinski definition) is 2. The van der Waals surface area contributed by atoms with E-state index in [2.05, 4.69) is 40.2 Å². The van der Waals surface area contributed by atoms with Crippen molar-refractivity contribution in [3.63, 3.8) is 0 Å². The Labute approximate surface area is 126 Å². The van der Waals surface area contributed by atoms with E-state index < -0.39 is 0 Å². The van der Waals surface area contributed by atoms with Gasteiger partial charge in [0.05, 0.1) is 5.56 Å². The molecule has 1 aliphatic carbocycles. The number of halogens is 1. The zero-order valence-electron chi connectivity index (χ0n) is 11.0. The van der Waals surface area contributed by atoms with Gasteiger partial charge >= 0.3 is 5.97 Å². The van der Waals surface area contributed by atoms with Crippen LogP contribution in [0.2, 0.25) is 0 Å². The van der Waals surface area contributed by atoms with E-state index in [1.165, 1.54) is 5.56 Å². The van der Waals surface area contributed by atoms with Crippen LogP contribution in [-0.4, -0.2) is 12.1 Å². The Morgan fingerprint density at radius 2 is 1.65 bits per heavy atom. The van der Waals surface area contributed by atoms with Crippen LogP contribution >= 0.6 is 15.9 Å². The van der Waals surface area contributed by atoms with Crippen LogP contribution in [0.4, 0.5) is 0 Å². The second kappa shape index (κ2) is 5.80. The zero-order valence-corrected chi connectivity index (χ0v) is 12.5. The Morgan fingerprint density at radius 1 is 1.00 bits per heavy atom. The van der Waals surface area contributed by atoms with Crippen molar-refractivity contribution < 1.29 is 9.53 Å². The SMILES string of the molecule is O=C(O[C@H]1C[C@H](c2ccc(Br)cc2)C1)c1ccccc1. The highest BCUT2D eigenvalue weighted by molar-refractivity contribution is 9.10. The highest BCUT2D eigenvalue weighted by Gasteiger charge is 2.33. The van der Waals surface area contributed by atoms with Crippen molar-refractivity contribution in [1.29, 1.82) is 0 Å². The second-order valence-corrected chi connectivity index (χ2v) is 6.03. The molecule has 102 valence electrons. The zero-order chi connectivity index (χ0) is 13.9. The van der Waals surface area contributed by atoms with E-state index in [4.69, 9.17) is 4.74 Å². The van der Waals surface area contributed by atoms with Gasteiger partial charge in [0.25, 0.3) is 0 Å². The van der Waals surface area contributed by atoms with E-state index in [-0.39, 0.29) is 12.1 Å². The maximum absolute atomic E-state index is 11.9. The summed E-state index contributed by atoms with van der Waals surface area (Å²) in [5.41, 5.74) is 1.94. The molecule has 0 spiro atoms. The fourth-order valence-corrected chi connectivity index (χ4v) is 2.73. The molecule has 1 fully saturated rings. The lowest BCUT2D eigenvalue weighted by Gasteiger charge is -2.35. The number of carbonyl (C=O) groups excluding carboxylic acids is 1. The quantitative estimate of drug-likeness (QED) is 0.771. The summed E-state index contributed by atoms with van der Waals surface area (Å²) < 4.78 is 6.59. The molecule has 0 aliphatic heterocycles. The van der Waals surface area contributed by atoms with Gasteiger partial charge in [0.2, 0.25) is 0 Å². The van der Waals surface area contributed by atoms with Crippen LogP contribution in [0, 0.1) is 0 Å². The molecular formula is C17H15BrO2. The number of rotatable bonds is 3. The van der Waals surface area contributed by atoms with E-state index in [1.54, 1.807) is 12.1 Å². The predicted molar refractivity (Wildman–Crippen MR) is 81.8 cm³/mol. The Bertz CT molecular complexity index is 586. The second-order valence-electron chi connectivity index (χ2n) is 5.11. The first-order valence-corrected chi connectivity index (χ1v) is 7.53. The number of carbonyl (C=O) groups is 1. The first kappa shape index (κ1) is 13.4. The first-order chi connectivity index (χ1) is 9.72. The molecule has 0 saturated heterocycles. The molecule has 0 bridgehead atoms. The summed E-state index contributed by atoms with van der Waals surface area (Å²) in [6, 6.07) is 17.5. The van der Waals surface area contributed by atoms with Gasteiger partial charge in [-0.1, -0.05) is 46.3 Å². The van der Waals surface area contributed by atoms with Gasteiger partial charge in [-0.2, -0.15) is 0 Å². The van der Waals surface area contributed by atoms with Crippen molar-refractivity contribution in [2.24, 2.45) is 0 Å². The van der Waals surface area contributed by atoms with Crippen molar-refractivity contribution in [1.82, 2.24) is 0 Å². The third kappa shape index (κ3) is 2.93. The molecule has 0 radical (unpaired) electrons. The molecule has 0 unspecified atom stereocenters. The lowest BCUT2D eigenvalue weighted by Crippen LogP contribution is -2.31. The van der Waals surface area contributed by atoms with Gasteiger partial charge < -0.3 is 4.74 Å². The number of esters is 1. The molecule has 0 N–H and O–H groups in total. The minimum atomic E-state index is -0.218. The molecule has 2 nitrogen and oxygen atoms in total. The van der Waals surface area contributed by atoms with Gasteiger partial charge in [-0.3, -0.25) is 0 Å². The lowest BCUT2D eigenvalue weighted by molar-refractivity contribution is 0.00210. The topological polar surface area (TPSA) is 26.3 Å². The Hall–Kier alpha value is -1.61. The van der Waals surface area contributed by atoms with E-state index >= 15 is 0 Å². The van der Waals surface area contributed by atoms with Crippen molar-refractivity contribution in [2.75, 3.05) is 0 Å². The van der Waals surface area contributed by atoms with Crippen LogP contribution in [0.15, 0.2) is 59.1 Å². The van der Waals surface area contributed by atoms with Crippen molar-refractivity contribution in [3.05, 3.63) is 70.2 Å². The van der Waals surface area contributed by atoms with E-state index in [0.717, 1.165) is 17.3 Å². The van der Waals surface area contributed by atoms with Crippen LogP contribution in [0.1, 0.15) is 34.7 Å². The lowest BCUT2D eigenvalue weighted by atomic mass is 9.77. The number of hydrogen-bond donors (Lipinski definition) is 0. The maximum atomic E-state index is 11.9. The van der Waals surface area contributed by atoms with Crippen LogP contribution in [0.25, 0.3) is 0 Å². The molecule has 0 heterocycles. The standard InChI is InChI=1S/C17H15BrO2/c18-15-8-6-12(7-9-15)14-10-16(11-14)20-17(19)13-4-2-1-3-5-13/h1-9,14,16H,10-11H2/t14-,16-. The third-order valence-electron chi connectivity index (χ3n) is 3.72. The monoisotopic (exact) mass is 330 g/mol. The Kier molecular flexibility index (Phi) is 3.88. The summed E-state index contributed by atoms with van der Waals surface area (Å²) in [7, 11) is 0. The fourth-order valence-electron chi connectivity index (χ4n) is 2.46. The maximum Gasteiger partial charge on any atom is 0.338 e. The minimum Gasteiger partial charge on any atom is -0.459 e. The summed E-state index contributed by atoms with van der Waals surface area (Å²) in [5, 5.41) is 0. The molecule has 2 aromatic carbocycles. The van der Waals surface area contributed by atoms with Crippen LogP contribution in [-0.2, 0) is 4.74 Å². The summed E-state index contributed by atoms with van der Waals surface area (Å²) >= 11 is 3.44. The van der Waals surface area contributed by atoms with Crippen LogP contribution in [0.3, 0.4) is 0 Å². The molecule has 1 aliphatic rings. The summed E-state index contributed by atoms with van der Waals surface area (Å²) in [5.74, 6) is 0.293. The van der Waals surface area contributed by atoms with E-state index in [0.29, 0.717) is 11.5 Å². The minimum absolute atomic E-state index is 0.0522. The van der Waals surface area contributed by atoms with Gasteiger partial charge in [-0.05, 0) is 48.6 Å². The van der Waals surface area contributed by atoms with Crippen molar-refractivity contribution in [2.45, 2.75) is 24.9 Å². The largest absolute Gasteiger partial charge is 0.459 e. The van der Waals surface area contributed by atoms with Crippen molar-refractivity contribution >= 4 is 21.9 Å². The average Bonchev–Trinajstić information content (AvgIpc) is 2.44. The number of ether oxygens (including phenoxy) is 1. The van der Waals surface area contributed by atoms with Crippen LogP contribution in [0.5, 0.6) is 0 Å². The molecule has 2 aromatic rings. The summed E-state index contributed by atoms with van der Waals surface area (Å²) in [4.78, 5) is 11.9. The highest BCUT2D eigenvalue weighted by atomic mass is 79.9. The van der Waals surface area contributed by atoms with Gasteiger partial charge in [-0.25, -0.2) is 4.79 Å². The van der Waals surface area contributed by atoms with Gasteiger partial charge in [0.15, 0.2) is 0 Å². The Balaban J connectivity index is 1.53. The molecular weight excluding hydrogens is 316 g/mol. The third-order valence-corrected chi connectivity index (χ3v) is 4.25. The fraction of sp³-hybridized carbons (Fsp3) is 0.235. The van der Waals surface area contributed by atoms with Crippen LogP contribution < -0.4 is 0 Å². The van der Waals surface area contributed by atoms with E-state index in [1.807, 2.05) is 18.2 Å². The molecule has 0 aromatic heterocycles. The van der Waals surface area contributed by atoms with Gasteiger partial charge in [0.1, 0.15) is 6.10 Å². The smallest absolute Gasteiger partial charge is 0.338 e. The molecule has 0 amide bonds. The summed E-state index contributed by atoms with van der Waals surface area (Å²) in [6.07, 6.45) is 1.89. The predicted octanol–water partition coefficient (Wildman–Crippen LogP) is 4.55. The Morgan fingerprint density at radius 3 is 2.30 bits per heavy atom. The number of benzene rings is 2.